The topological polar surface area (TPSA) is 43.0 Å². The molecule has 21 heavy (non-hydrogen) atoms. The van der Waals surface area contributed by atoms with Crippen molar-refractivity contribution in [2.75, 3.05) is 6.54 Å². The number of furan rings is 1. The fraction of sp³-hybridized carbons (Fsp3) is 0.400. The summed E-state index contributed by atoms with van der Waals surface area (Å²) in [7, 11) is 0. The lowest BCUT2D eigenvalue weighted by atomic mass is 10.1. The minimum atomic E-state index is 0. The van der Waals surface area contributed by atoms with Crippen LogP contribution in [-0.2, 0) is 6.54 Å². The molecule has 1 aromatic carbocycles. The van der Waals surface area contributed by atoms with Gasteiger partial charge < -0.3 is 9.73 Å². The van der Waals surface area contributed by atoms with Crippen LogP contribution in [0.5, 0.6) is 0 Å². The molecule has 1 atom stereocenters. The number of aromatic nitrogens is 2. The monoisotopic (exact) mass is 327 g/mol. The summed E-state index contributed by atoms with van der Waals surface area (Å²) in [5.41, 5.74) is 3.24. The van der Waals surface area contributed by atoms with Crippen LogP contribution in [0.25, 0.3) is 21.9 Å². The van der Waals surface area contributed by atoms with Crippen LogP contribution in [0.15, 0.2) is 28.9 Å². The summed E-state index contributed by atoms with van der Waals surface area (Å²) in [6.45, 7) is 4.14. The van der Waals surface area contributed by atoms with Gasteiger partial charge >= 0.3 is 0 Å². The van der Waals surface area contributed by atoms with E-state index in [-0.39, 0.29) is 24.8 Å². The minimum Gasteiger partial charge on any atom is -0.464 e. The van der Waals surface area contributed by atoms with E-state index >= 15 is 0 Å². The van der Waals surface area contributed by atoms with Gasteiger partial charge in [-0.1, -0.05) is 0 Å². The Labute approximate surface area is 135 Å². The van der Waals surface area contributed by atoms with Crippen molar-refractivity contribution in [3.8, 4) is 0 Å². The van der Waals surface area contributed by atoms with Crippen molar-refractivity contribution in [3.05, 3.63) is 30.2 Å². The summed E-state index contributed by atoms with van der Waals surface area (Å²) in [5, 5.41) is 10.6. The van der Waals surface area contributed by atoms with Gasteiger partial charge in [-0.3, -0.25) is 4.68 Å². The molecule has 0 radical (unpaired) electrons. The van der Waals surface area contributed by atoms with Gasteiger partial charge in [0, 0.05) is 16.8 Å². The van der Waals surface area contributed by atoms with Crippen molar-refractivity contribution in [3.63, 3.8) is 0 Å². The number of rotatable bonds is 2. The van der Waals surface area contributed by atoms with Gasteiger partial charge in [-0.05, 0) is 44.5 Å². The molecule has 0 amide bonds. The molecule has 0 saturated carbocycles. The predicted molar refractivity (Wildman–Crippen MR) is 89.8 cm³/mol. The average Bonchev–Trinajstić information content (AvgIpc) is 3.10. The zero-order valence-electron chi connectivity index (χ0n) is 11.8. The summed E-state index contributed by atoms with van der Waals surface area (Å²) in [6.07, 6.45) is 4.26. The van der Waals surface area contributed by atoms with Gasteiger partial charge in [0.15, 0.2) is 0 Å². The van der Waals surface area contributed by atoms with Crippen LogP contribution in [0.1, 0.15) is 18.5 Å². The lowest BCUT2D eigenvalue weighted by Gasteiger charge is -2.11. The molecule has 1 fully saturated rings. The number of hydrogen-bond acceptors (Lipinski definition) is 3. The molecule has 1 N–H and O–H groups in total. The Morgan fingerprint density at radius 1 is 1.29 bits per heavy atom. The van der Waals surface area contributed by atoms with Crippen molar-refractivity contribution in [2.45, 2.75) is 32.4 Å². The van der Waals surface area contributed by atoms with Gasteiger partial charge in [0.2, 0.25) is 0 Å². The first-order valence-corrected chi connectivity index (χ1v) is 6.89. The van der Waals surface area contributed by atoms with E-state index in [9.17, 15) is 0 Å². The van der Waals surface area contributed by atoms with Crippen LogP contribution in [-0.4, -0.2) is 22.4 Å². The highest BCUT2D eigenvalue weighted by Gasteiger charge is 2.18. The number of aryl methyl sites for hydroxylation is 1. The van der Waals surface area contributed by atoms with Gasteiger partial charge in [0.05, 0.1) is 24.0 Å². The van der Waals surface area contributed by atoms with E-state index in [0.29, 0.717) is 6.04 Å². The molecule has 3 heterocycles. The summed E-state index contributed by atoms with van der Waals surface area (Å²) in [6, 6.07) is 6.73. The number of hydrogen-bond donors (Lipinski definition) is 1. The highest BCUT2D eigenvalue weighted by Crippen LogP contribution is 2.28. The van der Waals surface area contributed by atoms with Gasteiger partial charge in [0.25, 0.3) is 0 Å². The summed E-state index contributed by atoms with van der Waals surface area (Å²) in [4.78, 5) is 0. The molecule has 1 unspecified atom stereocenters. The molecule has 114 valence electrons. The maximum absolute atomic E-state index is 5.50. The number of fused-ring (bicyclic) bond motifs is 3. The normalized spacial score (nSPS) is 17.9. The molecule has 0 aliphatic carbocycles. The van der Waals surface area contributed by atoms with E-state index in [0.717, 1.165) is 29.8 Å². The molecule has 4 nitrogen and oxygen atoms in total. The second-order valence-electron chi connectivity index (χ2n) is 5.35. The third kappa shape index (κ3) is 2.63. The van der Waals surface area contributed by atoms with E-state index < -0.39 is 0 Å². The van der Waals surface area contributed by atoms with Crippen molar-refractivity contribution >= 4 is 46.7 Å². The molecule has 0 spiro atoms. The number of benzene rings is 1. The van der Waals surface area contributed by atoms with Gasteiger partial charge in [-0.25, -0.2) is 0 Å². The summed E-state index contributed by atoms with van der Waals surface area (Å²) in [5.74, 6) is 0. The Balaban J connectivity index is 0.000000807. The fourth-order valence-electron chi connectivity index (χ4n) is 3.14. The quantitative estimate of drug-likeness (QED) is 0.780. The smallest absolute Gasteiger partial charge is 0.136 e. The molecule has 4 rings (SSSR count). The molecule has 3 aromatic rings. The van der Waals surface area contributed by atoms with Crippen LogP contribution >= 0.6 is 24.8 Å². The minimum absolute atomic E-state index is 0. The summed E-state index contributed by atoms with van der Waals surface area (Å²) >= 11 is 0. The van der Waals surface area contributed by atoms with Crippen molar-refractivity contribution in [1.82, 2.24) is 15.1 Å². The molecular weight excluding hydrogens is 309 g/mol. The van der Waals surface area contributed by atoms with Crippen LogP contribution in [0.2, 0.25) is 0 Å². The first-order valence-electron chi connectivity index (χ1n) is 6.89. The van der Waals surface area contributed by atoms with E-state index in [2.05, 4.69) is 23.0 Å². The summed E-state index contributed by atoms with van der Waals surface area (Å²) < 4.78 is 7.65. The van der Waals surface area contributed by atoms with E-state index in [1.165, 1.54) is 23.7 Å². The molecule has 1 aliphatic rings. The maximum Gasteiger partial charge on any atom is 0.136 e. The van der Waals surface area contributed by atoms with Crippen molar-refractivity contribution < 1.29 is 4.42 Å². The van der Waals surface area contributed by atoms with Crippen molar-refractivity contribution in [1.29, 1.82) is 0 Å². The van der Waals surface area contributed by atoms with Gasteiger partial charge in [0.1, 0.15) is 5.58 Å². The standard InChI is InChI=1S/C15H17N3O.2ClH/c1-10-12-4-5-14-13(6-8-19-14)15(12)18(17-10)9-11-3-2-7-16-11;;/h4-6,8,11,16H,2-3,7,9H2,1H3;2*1H. The second-order valence-corrected chi connectivity index (χ2v) is 5.35. The lowest BCUT2D eigenvalue weighted by molar-refractivity contribution is 0.485. The van der Waals surface area contributed by atoms with Crippen LogP contribution in [0.3, 0.4) is 0 Å². The van der Waals surface area contributed by atoms with E-state index in [1.54, 1.807) is 6.26 Å². The zero-order valence-corrected chi connectivity index (χ0v) is 13.5. The van der Waals surface area contributed by atoms with Gasteiger partial charge in [-0.2, -0.15) is 5.10 Å². The molecular formula is C15H19Cl2N3O. The van der Waals surface area contributed by atoms with E-state index in [4.69, 9.17) is 9.52 Å². The number of nitrogens with zero attached hydrogens (tertiary/aromatic N) is 2. The molecule has 0 bridgehead atoms. The lowest BCUT2D eigenvalue weighted by Crippen LogP contribution is -2.27. The molecule has 1 saturated heterocycles. The molecule has 6 heteroatoms. The molecule has 2 aromatic heterocycles. The Hall–Kier alpha value is -1.23. The Kier molecular flexibility index (Phi) is 4.81. The molecule has 1 aliphatic heterocycles. The largest absolute Gasteiger partial charge is 0.464 e. The first kappa shape index (κ1) is 16.1. The van der Waals surface area contributed by atoms with Crippen LogP contribution in [0, 0.1) is 6.92 Å². The third-order valence-electron chi connectivity index (χ3n) is 4.08. The fourth-order valence-corrected chi connectivity index (χ4v) is 3.14. The zero-order chi connectivity index (χ0) is 12.8. The number of nitrogens with one attached hydrogen (secondary N) is 1. The Bertz CT molecular complexity index is 744. The SMILES string of the molecule is Cc1nn(CC2CCCN2)c2c1ccc1occc12.Cl.Cl. The first-order chi connectivity index (χ1) is 9.33. The Morgan fingerprint density at radius 3 is 2.90 bits per heavy atom. The third-order valence-corrected chi connectivity index (χ3v) is 4.08. The second kappa shape index (κ2) is 6.26. The Morgan fingerprint density at radius 2 is 2.14 bits per heavy atom. The van der Waals surface area contributed by atoms with Crippen LogP contribution < -0.4 is 5.32 Å². The van der Waals surface area contributed by atoms with Crippen molar-refractivity contribution in [2.24, 2.45) is 0 Å². The highest BCUT2D eigenvalue weighted by molar-refractivity contribution is 6.04. The van der Waals surface area contributed by atoms with E-state index in [1.807, 2.05) is 12.1 Å². The van der Waals surface area contributed by atoms with Crippen LogP contribution in [0.4, 0.5) is 0 Å². The maximum atomic E-state index is 5.50. The number of halogens is 2. The average molecular weight is 328 g/mol. The van der Waals surface area contributed by atoms with Gasteiger partial charge in [-0.15, -0.1) is 24.8 Å². The highest BCUT2D eigenvalue weighted by atomic mass is 35.5. The predicted octanol–water partition coefficient (Wildman–Crippen LogP) is 3.69.